The number of phenolic OH excluding ortho intramolecular Hbond substituents is 2. The van der Waals surface area contributed by atoms with Crippen molar-refractivity contribution in [3.63, 3.8) is 0 Å². The lowest BCUT2D eigenvalue weighted by molar-refractivity contribution is 0.313. The number of phenols is 2. The highest BCUT2D eigenvalue weighted by atomic mass is 16.5. The third-order valence-corrected chi connectivity index (χ3v) is 12.3. The predicted octanol–water partition coefficient (Wildman–Crippen LogP) is 12.5. The maximum absolute atomic E-state index is 12.5. The van der Waals surface area contributed by atoms with E-state index >= 15 is 0 Å². The Morgan fingerprint density at radius 3 is 0.897 bits per heavy atom. The minimum absolute atomic E-state index is 0.150. The van der Waals surface area contributed by atoms with Crippen molar-refractivity contribution in [2.75, 3.05) is 13.2 Å². The predicted molar refractivity (Wildman–Crippen MR) is 240 cm³/mol. The fourth-order valence-corrected chi connectivity index (χ4v) is 8.50. The Morgan fingerprint density at radius 2 is 0.638 bits per heavy atom. The summed E-state index contributed by atoms with van der Waals surface area (Å²) in [5, 5.41) is 24.9. The van der Waals surface area contributed by atoms with Crippen molar-refractivity contribution in [1.82, 2.24) is 0 Å². The Hall–Kier alpha value is -4.70. The molecule has 0 fully saturated rings. The first kappa shape index (κ1) is 41.5. The van der Waals surface area contributed by atoms with Crippen molar-refractivity contribution in [2.24, 2.45) is 0 Å². The van der Waals surface area contributed by atoms with Gasteiger partial charge in [-0.1, -0.05) is 156 Å². The van der Waals surface area contributed by atoms with Gasteiger partial charge in [-0.15, -0.1) is 0 Å². The lowest BCUT2D eigenvalue weighted by atomic mass is 9.79. The van der Waals surface area contributed by atoms with Crippen molar-refractivity contribution in [1.29, 1.82) is 0 Å². The highest BCUT2D eigenvalue weighted by Gasteiger charge is 2.28. The smallest absolute Gasteiger partial charge is 0.126 e. The van der Waals surface area contributed by atoms with E-state index in [1.807, 2.05) is 0 Å². The normalized spacial score (nSPS) is 15.1. The monoisotopic (exact) mass is 778 g/mol. The lowest BCUT2D eigenvalue weighted by Gasteiger charge is -2.28. The second-order valence-electron chi connectivity index (χ2n) is 21.3. The van der Waals surface area contributed by atoms with Crippen LogP contribution < -0.4 is 9.47 Å². The molecule has 0 spiro atoms. The Balaban J connectivity index is 1.62. The van der Waals surface area contributed by atoms with Crippen LogP contribution in [-0.4, -0.2) is 23.4 Å². The third-order valence-electron chi connectivity index (χ3n) is 12.3. The van der Waals surface area contributed by atoms with Gasteiger partial charge in [0.05, 0.1) is 13.2 Å². The number of ether oxygens (including phenoxy) is 2. The number of fused-ring (bicyclic) bond motifs is 4. The third kappa shape index (κ3) is 8.82. The molecule has 58 heavy (non-hydrogen) atoms. The minimum atomic E-state index is -0.151. The SMILES string of the molecule is CC(C)(C)c1cc2c(O)c(c1)Cc1cc(C(C)(C)C)cc3c1OCCc1cccc(c1)CCOc1c(cc(C(C)(C)C)cc1Cc1cc(C(C)(C)C)cc(c1O)C3)C2. The second kappa shape index (κ2) is 15.2. The molecule has 2 heterocycles. The molecule has 8 rings (SSSR count). The van der Waals surface area contributed by atoms with Crippen LogP contribution in [0.3, 0.4) is 0 Å². The van der Waals surface area contributed by atoms with E-state index in [-0.39, 0.29) is 21.7 Å². The van der Waals surface area contributed by atoms with Crippen LogP contribution in [0.15, 0.2) is 72.8 Å². The molecule has 0 atom stereocenters. The van der Waals surface area contributed by atoms with Gasteiger partial charge in [0.1, 0.15) is 23.0 Å². The van der Waals surface area contributed by atoms with Gasteiger partial charge < -0.3 is 19.7 Å². The zero-order valence-electron chi connectivity index (χ0n) is 37.3. The van der Waals surface area contributed by atoms with E-state index in [9.17, 15) is 10.2 Å². The summed E-state index contributed by atoms with van der Waals surface area (Å²) in [6.45, 7) is 28.0. The largest absolute Gasteiger partial charge is 0.507 e. The summed E-state index contributed by atoms with van der Waals surface area (Å²) in [5.41, 5.74) is 14.4. The maximum Gasteiger partial charge on any atom is 0.126 e. The summed E-state index contributed by atoms with van der Waals surface area (Å²) in [5.74, 6) is 2.35. The molecule has 12 bridgehead atoms. The number of aromatic hydroxyl groups is 2. The zero-order valence-corrected chi connectivity index (χ0v) is 37.3. The molecule has 0 amide bonds. The molecule has 3 aliphatic rings. The van der Waals surface area contributed by atoms with Gasteiger partial charge in [-0.25, -0.2) is 0 Å². The Kier molecular flexibility index (Phi) is 10.8. The molecule has 1 aliphatic carbocycles. The van der Waals surface area contributed by atoms with Crippen molar-refractivity contribution in [2.45, 2.75) is 143 Å². The number of hydrogen-bond acceptors (Lipinski definition) is 4. The van der Waals surface area contributed by atoms with Crippen molar-refractivity contribution in [3.05, 3.63) is 151 Å². The first-order valence-corrected chi connectivity index (χ1v) is 21.4. The van der Waals surface area contributed by atoms with E-state index in [4.69, 9.17) is 9.47 Å². The highest BCUT2D eigenvalue weighted by molar-refractivity contribution is 5.59. The Morgan fingerprint density at radius 1 is 0.379 bits per heavy atom. The van der Waals surface area contributed by atoms with Gasteiger partial charge in [-0.2, -0.15) is 0 Å². The molecule has 0 radical (unpaired) electrons. The highest BCUT2D eigenvalue weighted by Crippen LogP contribution is 2.44. The van der Waals surface area contributed by atoms with Crippen LogP contribution in [0.25, 0.3) is 0 Å². The summed E-state index contributed by atoms with van der Waals surface area (Å²) in [7, 11) is 0. The molecule has 4 nitrogen and oxygen atoms in total. The molecular weight excluding hydrogens is 713 g/mol. The standard InChI is InChI=1S/C54H66O4/c1-51(2,3)43-25-35-21-39-29-45(53(7,8)9)31-41-23-37-27-44(52(4,5)6)28-38(48(37)56)24-42-32-46(54(10,11)12)30-40(22-36(26-43)47(35)55)50(42)58-19-17-34-15-13-14-33(20-34)16-18-57-49(39)41/h13-15,20,25-32,55-56H,16-19,21-24H2,1-12H3. The summed E-state index contributed by atoms with van der Waals surface area (Å²) in [4.78, 5) is 0. The van der Waals surface area contributed by atoms with Gasteiger partial charge in [-0.05, 0) is 99.5 Å². The number of hydrogen-bond donors (Lipinski definition) is 2. The molecule has 2 N–H and O–H groups in total. The van der Waals surface area contributed by atoms with Crippen molar-refractivity contribution < 1.29 is 19.7 Å². The van der Waals surface area contributed by atoms with Crippen molar-refractivity contribution >= 4 is 0 Å². The molecule has 2 aliphatic heterocycles. The molecular formula is C54H66O4. The first-order valence-electron chi connectivity index (χ1n) is 21.4. The molecule has 0 unspecified atom stereocenters. The van der Waals surface area contributed by atoms with Gasteiger partial charge in [0, 0.05) is 38.5 Å². The van der Waals surface area contributed by atoms with Gasteiger partial charge in [0.2, 0.25) is 0 Å². The van der Waals surface area contributed by atoms with E-state index in [0.717, 1.165) is 68.8 Å². The van der Waals surface area contributed by atoms with Crippen LogP contribution >= 0.6 is 0 Å². The lowest BCUT2D eigenvalue weighted by Crippen LogP contribution is -2.17. The Bertz CT molecular complexity index is 2090. The molecule has 5 aromatic carbocycles. The quantitative estimate of drug-likeness (QED) is 0.161. The molecule has 5 aromatic rings. The van der Waals surface area contributed by atoms with Crippen LogP contribution in [0.1, 0.15) is 161 Å². The summed E-state index contributed by atoms with van der Waals surface area (Å²) in [6.07, 6.45) is 3.50. The minimum Gasteiger partial charge on any atom is -0.507 e. The number of rotatable bonds is 0. The fourth-order valence-electron chi connectivity index (χ4n) is 8.50. The van der Waals surface area contributed by atoms with Gasteiger partial charge >= 0.3 is 0 Å². The average molecular weight is 779 g/mol. The van der Waals surface area contributed by atoms with E-state index in [2.05, 4.69) is 156 Å². The molecule has 0 saturated heterocycles. The molecule has 0 saturated carbocycles. The van der Waals surface area contributed by atoms with E-state index in [1.165, 1.54) is 33.4 Å². The van der Waals surface area contributed by atoms with E-state index < -0.39 is 0 Å². The Labute approximate surface area is 348 Å². The zero-order chi connectivity index (χ0) is 41.9. The van der Waals surface area contributed by atoms with Gasteiger partial charge in [0.25, 0.3) is 0 Å². The van der Waals surface area contributed by atoms with Crippen LogP contribution in [0, 0.1) is 0 Å². The van der Waals surface area contributed by atoms with E-state index in [1.54, 1.807) is 0 Å². The van der Waals surface area contributed by atoms with Crippen LogP contribution in [0.2, 0.25) is 0 Å². The summed E-state index contributed by atoms with van der Waals surface area (Å²) < 4.78 is 14.0. The van der Waals surface area contributed by atoms with E-state index in [0.29, 0.717) is 50.4 Å². The fraction of sp³-hybridized carbons (Fsp3) is 0.444. The van der Waals surface area contributed by atoms with Gasteiger partial charge in [-0.3, -0.25) is 0 Å². The summed E-state index contributed by atoms with van der Waals surface area (Å²) >= 11 is 0. The number of benzene rings is 5. The maximum atomic E-state index is 12.5. The summed E-state index contributed by atoms with van der Waals surface area (Å²) in [6, 6.07) is 26.8. The second-order valence-corrected chi connectivity index (χ2v) is 21.3. The molecule has 306 valence electrons. The van der Waals surface area contributed by atoms with Crippen LogP contribution in [0.4, 0.5) is 0 Å². The van der Waals surface area contributed by atoms with Crippen LogP contribution in [0.5, 0.6) is 23.0 Å². The topological polar surface area (TPSA) is 58.9 Å². The van der Waals surface area contributed by atoms with Gasteiger partial charge in [0.15, 0.2) is 0 Å². The molecule has 4 heteroatoms. The van der Waals surface area contributed by atoms with Crippen molar-refractivity contribution in [3.8, 4) is 23.0 Å². The van der Waals surface area contributed by atoms with Crippen LogP contribution in [-0.2, 0) is 60.2 Å². The average Bonchev–Trinajstić information content (AvgIpc) is 3.10. The first-order chi connectivity index (χ1) is 27.0. The molecule has 0 aromatic heterocycles.